The van der Waals surface area contributed by atoms with Gasteiger partial charge in [-0.05, 0) is 61.4 Å². The summed E-state index contributed by atoms with van der Waals surface area (Å²) in [6.07, 6.45) is 20.5. The first-order valence-electron chi connectivity index (χ1n) is 20.0. The first-order chi connectivity index (χ1) is 27.4. The lowest BCUT2D eigenvalue weighted by Crippen LogP contribution is -2.30. The van der Waals surface area contributed by atoms with Crippen LogP contribution in [0.5, 0.6) is 5.88 Å². The van der Waals surface area contributed by atoms with Crippen LogP contribution >= 0.6 is 0 Å². The summed E-state index contributed by atoms with van der Waals surface area (Å²) >= 11 is 0. The Bertz CT molecular complexity index is 2330. The number of anilines is 2. The summed E-state index contributed by atoms with van der Waals surface area (Å²) in [5.41, 5.74) is 4.16. The van der Waals surface area contributed by atoms with Gasteiger partial charge in [0.2, 0.25) is 0 Å². The van der Waals surface area contributed by atoms with Gasteiger partial charge in [-0.15, -0.1) is 0 Å². The van der Waals surface area contributed by atoms with Gasteiger partial charge in [-0.1, -0.05) is 78.1 Å². The molecule has 288 valence electrons. The number of amides is 3. The summed E-state index contributed by atoms with van der Waals surface area (Å²) in [6.45, 7) is 5.68. The molecule has 0 atom stereocenters. The highest BCUT2D eigenvalue weighted by Crippen LogP contribution is 2.45. The van der Waals surface area contributed by atoms with Crippen LogP contribution in [0.2, 0.25) is 0 Å². The Morgan fingerprint density at radius 1 is 0.589 bits per heavy atom. The molecule has 3 aliphatic heterocycles. The number of aromatic nitrogens is 5. The molecule has 8 heterocycles. The van der Waals surface area contributed by atoms with Crippen molar-refractivity contribution in [2.75, 3.05) is 22.9 Å². The molecular formula is C44H48N8O4. The van der Waals surface area contributed by atoms with E-state index in [1.165, 1.54) is 51.4 Å². The molecule has 8 rings (SSSR count). The topological polar surface area (TPSA) is 158 Å². The molecule has 0 saturated carbocycles. The maximum absolute atomic E-state index is 13.8. The van der Waals surface area contributed by atoms with Crippen LogP contribution in [0.25, 0.3) is 27.8 Å². The van der Waals surface area contributed by atoms with Crippen LogP contribution < -0.4 is 20.5 Å². The number of aromatic amines is 1. The first-order valence-corrected chi connectivity index (χ1v) is 20.0. The second-order valence-electron chi connectivity index (χ2n) is 14.4. The molecule has 56 heavy (non-hydrogen) atoms. The van der Waals surface area contributed by atoms with Crippen LogP contribution in [0, 0.1) is 0 Å². The average Bonchev–Trinajstić information content (AvgIpc) is 3.90. The number of nitrogens with one attached hydrogen (secondary N) is 1. The Morgan fingerprint density at radius 2 is 1.09 bits per heavy atom. The zero-order valence-electron chi connectivity index (χ0n) is 32.1. The van der Waals surface area contributed by atoms with Gasteiger partial charge in [0, 0.05) is 59.6 Å². The van der Waals surface area contributed by atoms with Crippen LogP contribution in [0.1, 0.15) is 108 Å². The largest absolute Gasteiger partial charge is 0.494 e. The number of hydrogen-bond acceptors (Lipinski definition) is 8. The van der Waals surface area contributed by atoms with E-state index in [4.69, 9.17) is 0 Å². The zero-order chi connectivity index (χ0) is 39.0. The molecule has 5 aromatic rings. The average molecular weight is 753 g/mol. The summed E-state index contributed by atoms with van der Waals surface area (Å²) < 4.78 is 0. The Labute approximate surface area is 326 Å². The van der Waals surface area contributed by atoms with Crippen molar-refractivity contribution in [1.29, 1.82) is 0 Å². The number of carbonyl (C=O) groups is 3. The van der Waals surface area contributed by atoms with Crippen molar-refractivity contribution in [3.05, 3.63) is 101 Å². The fourth-order valence-electron chi connectivity index (χ4n) is 7.76. The van der Waals surface area contributed by atoms with Crippen molar-refractivity contribution in [2.24, 2.45) is 4.99 Å². The van der Waals surface area contributed by atoms with Crippen LogP contribution in [0.15, 0.2) is 78.3 Å². The van der Waals surface area contributed by atoms with Gasteiger partial charge >= 0.3 is 0 Å². The van der Waals surface area contributed by atoms with Gasteiger partial charge in [0.05, 0.1) is 22.3 Å². The molecule has 3 amide bonds. The SMILES string of the molecule is CCCCCCCCN1C(=O)/C(=C2/C(=O)N(CCCCCCCC)c3ncccc32)c2cccnc21.O=C1N=c2ncccc2=C1c1c(O)[nH]c2ncccc12. The molecule has 0 aromatic carbocycles. The van der Waals surface area contributed by atoms with E-state index in [1.807, 2.05) is 24.3 Å². The normalized spacial score (nSPS) is 15.6. The van der Waals surface area contributed by atoms with Gasteiger partial charge in [0.15, 0.2) is 11.4 Å². The molecule has 0 saturated heterocycles. The number of nitrogens with zero attached hydrogens (tertiary/aromatic N) is 7. The second kappa shape index (κ2) is 17.6. The standard InChI is InChI=1S/C30H40N4O2.C14H8N4O2/c1-3-5-7-9-11-13-21-33-27-23(17-15-19-31-27)25(29(33)35)26-24-18-16-20-32-28(24)34(30(26)36)22-14-12-10-8-6-4-2;19-13-9(7-3-1-5-15-11(7)17-13)10-8-4-2-6-16-12(8)18-14(10)20/h15-20H,3-14,21-22H2,1-2H3;1-6,19H,(H,15,17)/b26-25+;. The third-order valence-corrected chi connectivity index (χ3v) is 10.5. The number of unbranched alkanes of at least 4 members (excludes halogenated alkanes) is 10. The molecular weight excluding hydrogens is 705 g/mol. The van der Waals surface area contributed by atoms with E-state index in [0.717, 1.165) is 36.8 Å². The molecule has 0 bridgehead atoms. The smallest absolute Gasteiger partial charge is 0.280 e. The first kappa shape index (κ1) is 38.2. The fraction of sp³-hybridized carbons (Fsp3) is 0.364. The monoisotopic (exact) mass is 752 g/mol. The van der Waals surface area contributed by atoms with Crippen molar-refractivity contribution in [1.82, 2.24) is 24.9 Å². The van der Waals surface area contributed by atoms with Gasteiger partial charge in [0.1, 0.15) is 17.3 Å². The molecule has 0 radical (unpaired) electrons. The lowest BCUT2D eigenvalue weighted by Gasteiger charge is -2.16. The number of rotatable bonds is 15. The predicted octanol–water partition coefficient (Wildman–Crippen LogP) is 6.82. The van der Waals surface area contributed by atoms with E-state index in [0.29, 0.717) is 68.7 Å². The van der Waals surface area contributed by atoms with Crippen LogP contribution in [0.3, 0.4) is 0 Å². The minimum atomic E-state index is -0.404. The van der Waals surface area contributed by atoms with Crippen LogP contribution in [0.4, 0.5) is 11.6 Å². The maximum Gasteiger partial charge on any atom is 0.280 e. The number of carbonyl (C=O) groups excluding carboxylic acids is 3. The van der Waals surface area contributed by atoms with Crippen molar-refractivity contribution < 1.29 is 19.5 Å². The number of fused-ring (bicyclic) bond motifs is 4. The number of pyridine rings is 4. The van der Waals surface area contributed by atoms with Crippen molar-refractivity contribution in [3.8, 4) is 5.88 Å². The van der Waals surface area contributed by atoms with Gasteiger partial charge in [0.25, 0.3) is 17.7 Å². The molecule has 0 unspecified atom stereocenters. The summed E-state index contributed by atoms with van der Waals surface area (Å²) in [4.78, 5) is 67.2. The molecule has 0 spiro atoms. The van der Waals surface area contributed by atoms with Crippen molar-refractivity contribution in [2.45, 2.75) is 90.9 Å². The van der Waals surface area contributed by atoms with E-state index in [-0.39, 0.29) is 17.7 Å². The summed E-state index contributed by atoms with van der Waals surface area (Å²) in [7, 11) is 0. The Morgan fingerprint density at radius 3 is 1.68 bits per heavy atom. The van der Waals surface area contributed by atoms with Crippen molar-refractivity contribution in [3.63, 3.8) is 0 Å². The Kier molecular flexibility index (Phi) is 12.0. The number of hydrogen-bond donors (Lipinski definition) is 2. The molecule has 3 aliphatic rings. The highest BCUT2D eigenvalue weighted by atomic mass is 16.3. The molecule has 0 aliphatic carbocycles. The minimum Gasteiger partial charge on any atom is -0.494 e. The quantitative estimate of drug-likeness (QED) is 0.0871. The summed E-state index contributed by atoms with van der Waals surface area (Å²) in [5, 5.41) is 11.4. The van der Waals surface area contributed by atoms with Crippen LogP contribution in [-0.2, 0) is 14.4 Å². The van der Waals surface area contributed by atoms with Crippen LogP contribution in [-0.4, -0.2) is 60.8 Å². The van der Waals surface area contributed by atoms with E-state index in [1.54, 1.807) is 58.9 Å². The second-order valence-corrected chi connectivity index (χ2v) is 14.4. The highest BCUT2D eigenvalue weighted by molar-refractivity contribution is 6.49. The fourth-order valence-corrected chi connectivity index (χ4v) is 7.76. The molecule has 2 N–H and O–H groups in total. The predicted molar refractivity (Wildman–Crippen MR) is 217 cm³/mol. The van der Waals surface area contributed by atoms with E-state index >= 15 is 0 Å². The lowest BCUT2D eigenvalue weighted by molar-refractivity contribution is -0.114. The Balaban J connectivity index is 0.000000201. The number of H-pyrrole nitrogens is 1. The van der Waals surface area contributed by atoms with Gasteiger partial charge in [-0.3, -0.25) is 24.2 Å². The molecule has 0 fully saturated rings. The van der Waals surface area contributed by atoms with Gasteiger partial charge < -0.3 is 10.1 Å². The zero-order valence-corrected chi connectivity index (χ0v) is 32.1. The third kappa shape index (κ3) is 7.60. The lowest BCUT2D eigenvalue weighted by atomic mass is 9.98. The number of aromatic hydroxyl groups is 1. The molecule has 12 nitrogen and oxygen atoms in total. The van der Waals surface area contributed by atoms with Gasteiger partial charge in [-0.25, -0.2) is 19.9 Å². The maximum atomic E-state index is 13.8. The van der Waals surface area contributed by atoms with Crippen molar-refractivity contribution >= 4 is 57.1 Å². The highest BCUT2D eigenvalue weighted by Gasteiger charge is 2.43. The molecule has 5 aromatic heterocycles. The van der Waals surface area contributed by atoms with E-state index in [9.17, 15) is 19.5 Å². The Hall–Kier alpha value is -6.04. The van der Waals surface area contributed by atoms with Gasteiger partial charge in [-0.2, -0.15) is 4.99 Å². The summed E-state index contributed by atoms with van der Waals surface area (Å²) in [6, 6.07) is 14.6. The minimum absolute atomic E-state index is 0.0889. The summed E-state index contributed by atoms with van der Waals surface area (Å²) in [5.74, 6) is 0.624. The van der Waals surface area contributed by atoms with E-state index < -0.39 is 5.91 Å². The third-order valence-electron chi connectivity index (χ3n) is 10.5. The molecule has 12 heteroatoms. The van der Waals surface area contributed by atoms with E-state index in [2.05, 4.69) is 43.8 Å².